The Bertz CT molecular complexity index is 594. The van der Waals surface area contributed by atoms with Gasteiger partial charge in [-0.15, -0.1) is 0 Å². The molecule has 0 fully saturated rings. The van der Waals surface area contributed by atoms with Gasteiger partial charge in [-0.2, -0.15) is 0 Å². The second-order valence-corrected chi connectivity index (χ2v) is 6.58. The van der Waals surface area contributed by atoms with Gasteiger partial charge in [-0.25, -0.2) is 4.79 Å². The molecule has 6 heteroatoms. The van der Waals surface area contributed by atoms with E-state index in [-0.39, 0.29) is 17.7 Å². The van der Waals surface area contributed by atoms with Gasteiger partial charge in [0.2, 0.25) is 5.91 Å². The summed E-state index contributed by atoms with van der Waals surface area (Å²) in [6.07, 6.45) is 0. The Labute approximate surface area is 142 Å². The summed E-state index contributed by atoms with van der Waals surface area (Å²) >= 11 is 0. The lowest BCUT2D eigenvalue weighted by Crippen LogP contribution is -2.44. The maximum atomic E-state index is 12.2. The number of hydrogen-bond donors (Lipinski definition) is 2. The van der Waals surface area contributed by atoms with E-state index in [9.17, 15) is 14.4 Å². The fourth-order valence-electron chi connectivity index (χ4n) is 2.29. The van der Waals surface area contributed by atoms with Crippen molar-refractivity contribution in [1.29, 1.82) is 0 Å². The molecule has 0 aliphatic rings. The minimum atomic E-state index is -1.05. The highest BCUT2D eigenvalue weighted by molar-refractivity contribution is 5.96. The number of benzene rings is 1. The number of carboxylic acid groups (broad SMARTS) is 1. The topological polar surface area (TPSA) is 86.7 Å². The van der Waals surface area contributed by atoms with Gasteiger partial charge in [-0.1, -0.05) is 39.8 Å². The molecule has 132 valence electrons. The summed E-state index contributed by atoms with van der Waals surface area (Å²) in [7, 11) is 1.74. The lowest BCUT2D eigenvalue weighted by molar-refractivity contribution is -0.140. The van der Waals surface area contributed by atoms with Crippen LogP contribution < -0.4 is 5.32 Å². The zero-order valence-corrected chi connectivity index (χ0v) is 14.9. The number of rotatable bonds is 7. The van der Waals surface area contributed by atoms with Crippen LogP contribution in [0.5, 0.6) is 0 Å². The highest BCUT2D eigenvalue weighted by Gasteiger charge is 2.23. The second-order valence-electron chi connectivity index (χ2n) is 6.58. The fourth-order valence-corrected chi connectivity index (χ4v) is 2.29. The predicted octanol–water partition coefficient (Wildman–Crippen LogP) is 2.14. The molecule has 1 atom stereocenters. The van der Waals surface area contributed by atoms with Crippen molar-refractivity contribution in [2.45, 2.75) is 40.3 Å². The maximum Gasteiger partial charge on any atom is 0.326 e. The molecule has 0 saturated carbocycles. The van der Waals surface area contributed by atoms with Crippen LogP contribution in [0.2, 0.25) is 0 Å². The van der Waals surface area contributed by atoms with Crippen molar-refractivity contribution in [3.8, 4) is 0 Å². The molecule has 0 saturated heterocycles. The van der Waals surface area contributed by atoms with Crippen LogP contribution in [0.25, 0.3) is 0 Å². The molecule has 1 aromatic rings. The van der Waals surface area contributed by atoms with Crippen LogP contribution in [0.4, 0.5) is 0 Å². The van der Waals surface area contributed by atoms with Gasteiger partial charge < -0.3 is 15.3 Å². The van der Waals surface area contributed by atoms with Crippen molar-refractivity contribution in [2.24, 2.45) is 11.8 Å². The fraction of sp³-hybridized carbons (Fsp3) is 0.500. The lowest BCUT2D eigenvalue weighted by atomic mass is 10.0. The SMILES string of the molecule is CC(C)C(=O)N(C)Cc1ccc(C(=O)NC(C(=O)O)C(C)C)cc1. The van der Waals surface area contributed by atoms with Crippen molar-refractivity contribution in [3.63, 3.8) is 0 Å². The number of nitrogens with one attached hydrogen (secondary N) is 1. The molecule has 0 spiro atoms. The van der Waals surface area contributed by atoms with Crippen LogP contribution in [0.3, 0.4) is 0 Å². The third-order valence-corrected chi connectivity index (χ3v) is 3.73. The Morgan fingerprint density at radius 2 is 1.62 bits per heavy atom. The molecule has 0 heterocycles. The maximum absolute atomic E-state index is 12.2. The molecule has 2 amide bonds. The number of carboxylic acids is 1. The summed E-state index contributed by atoms with van der Waals surface area (Å²) in [5.74, 6) is -1.69. The molecule has 0 aromatic heterocycles. The summed E-state index contributed by atoms with van der Waals surface area (Å²) in [4.78, 5) is 36.8. The van der Waals surface area contributed by atoms with E-state index >= 15 is 0 Å². The van der Waals surface area contributed by atoms with E-state index in [4.69, 9.17) is 5.11 Å². The summed E-state index contributed by atoms with van der Waals surface area (Å²) < 4.78 is 0. The van der Waals surface area contributed by atoms with Gasteiger partial charge in [0.1, 0.15) is 6.04 Å². The number of amides is 2. The van der Waals surface area contributed by atoms with E-state index in [2.05, 4.69) is 5.32 Å². The van der Waals surface area contributed by atoms with Crippen molar-refractivity contribution in [2.75, 3.05) is 7.05 Å². The molecule has 0 radical (unpaired) electrons. The summed E-state index contributed by atoms with van der Waals surface area (Å²) in [5, 5.41) is 11.6. The molecule has 0 aliphatic carbocycles. The zero-order valence-electron chi connectivity index (χ0n) is 14.9. The highest BCUT2D eigenvalue weighted by Crippen LogP contribution is 2.10. The van der Waals surface area contributed by atoms with Crippen molar-refractivity contribution in [1.82, 2.24) is 10.2 Å². The van der Waals surface area contributed by atoms with Crippen LogP contribution in [0.15, 0.2) is 24.3 Å². The van der Waals surface area contributed by atoms with E-state index in [1.165, 1.54) is 0 Å². The average molecular weight is 334 g/mol. The van der Waals surface area contributed by atoms with Gasteiger partial charge in [-0.05, 0) is 23.6 Å². The molecule has 6 nitrogen and oxygen atoms in total. The van der Waals surface area contributed by atoms with Crippen molar-refractivity contribution >= 4 is 17.8 Å². The Hall–Kier alpha value is -2.37. The third-order valence-electron chi connectivity index (χ3n) is 3.73. The minimum absolute atomic E-state index is 0.0538. The monoisotopic (exact) mass is 334 g/mol. The van der Waals surface area contributed by atoms with Gasteiger partial charge in [0, 0.05) is 25.1 Å². The first kappa shape index (κ1) is 19.7. The minimum Gasteiger partial charge on any atom is -0.480 e. The Balaban J connectivity index is 2.75. The third kappa shape index (κ3) is 5.37. The first-order valence-corrected chi connectivity index (χ1v) is 8.01. The number of carbonyl (C=O) groups excluding carboxylic acids is 2. The van der Waals surface area contributed by atoms with E-state index < -0.39 is 17.9 Å². The second kappa shape index (κ2) is 8.47. The lowest BCUT2D eigenvalue weighted by Gasteiger charge is -2.20. The Kier molecular flexibility index (Phi) is 6.95. The quantitative estimate of drug-likeness (QED) is 0.800. The summed E-state index contributed by atoms with van der Waals surface area (Å²) in [6.45, 7) is 7.63. The summed E-state index contributed by atoms with van der Waals surface area (Å²) in [5.41, 5.74) is 1.30. The van der Waals surface area contributed by atoms with Crippen LogP contribution >= 0.6 is 0 Å². The standard InChI is InChI=1S/C18H26N2O4/c1-11(2)15(18(23)24)19-16(21)14-8-6-13(7-9-14)10-20(5)17(22)12(3)4/h6-9,11-12,15H,10H2,1-5H3,(H,19,21)(H,23,24). The smallest absolute Gasteiger partial charge is 0.326 e. The van der Waals surface area contributed by atoms with Gasteiger partial charge >= 0.3 is 5.97 Å². The first-order valence-electron chi connectivity index (χ1n) is 8.01. The van der Waals surface area contributed by atoms with Crippen LogP contribution in [-0.2, 0) is 16.1 Å². The molecule has 1 aromatic carbocycles. The van der Waals surface area contributed by atoms with Gasteiger partial charge in [-0.3, -0.25) is 9.59 Å². The average Bonchev–Trinajstić information content (AvgIpc) is 2.51. The number of nitrogens with zero attached hydrogens (tertiary/aromatic N) is 1. The predicted molar refractivity (Wildman–Crippen MR) is 91.5 cm³/mol. The highest BCUT2D eigenvalue weighted by atomic mass is 16.4. The van der Waals surface area contributed by atoms with Gasteiger partial charge in [0.15, 0.2) is 0 Å². The molecule has 2 N–H and O–H groups in total. The van der Waals surface area contributed by atoms with E-state index in [1.54, 1.807) is 50.1 Å². The molecule has 24 heavy (non-hydrogen) atoms. The van der Waals surface area contributed by atoms with E-state index in [1.807, 2.05) is 13.8 Å². The number of carbonyl (C=O) groups is 3. The summed E-state index contributed by atoms with van der Waals surface area (Å²) in [6, 6.07) is 5.88. The Morgan fingerprint density at radius 3 is 2.04 bits per heavy atom. The normalized spacial score (nSPS) is 12.1. The van der Waals surface area contributed by atoms with Crippen LogP contribution in [-0.4, -0.2) is 40.9 Å². The number of hydrogen-bond acceptors (Lipinski definition) is 3. The van der Waals surface area contributed by atoms with Crippen LogP contribution in [0.1, 0.15) is 43.6 Å². The number of aliphatic carboxylic acids is 1. The van der Waals surface area contributed by atoms with Crippen molar-refractivity contribution in [3.05, 3.63) is 35.4 Å². The molecule has 0 aliphatic heterocycles. The van der Waals surface area contributed by atoms with Gasteiger partial charge in [0.25, 0.3) is 5.91 Å². The van der Waals surface area contributed by atoms with E-state index in [0.717, 1.165) is 5.56 Å². The molecule has 1 unspecified atom stereocenters. The molecule has 1 rings (SSSR count). The van der Waals surface area contributed by atoms with Gasteiger partial charge in [0.05, 0.1) is 0 Å². The molecular weight excluding hydrogens is 308 g/mol. The van der Waals surface area contributed by atoms with Crippen molar-refractivity contribution < 1.29 is 19.5 Å². The Morgan fingerprint density at radius 1 is 1.08 bits per heavy atom. The molecular formula is C18H26N2O4. The van der Waals surface area contributed by atoms with E-state index in [0.29, 0.717) is 12.1 Å². The zero-order chi connectivity index (χ0) is 18.4. The van der Waals surface area contributed by atoms with Crippen LogP contribution in [0, 0.1) is 11.8 Å². The first-order chi connectivity index (χ1) is 11.1. The molecule has 0 bridgehead atoms. The largest absolute Gasteiger partial charge is 0.480 e.